The van der Waals surface area contributed by atoms with Gasteiger partial charge in [0, 0.05) is 5.54 Å². The predicted octanol–water partition coefficient (Wildman–Crippen LogP) is -1.05. The molecule has 0 heterocycles. The molecule has 6 nitrogen and oxygen atoms in total. The first-order chi connectivity index (χ1) is 6.54. The van der Waals surface area contributed by atoms with Gasteiger partial charge in [0.05, 0.1) is 18.8 Å². The number of rotatable bonds is 5. The lowest BCUT2D eigenvalue weighted by Gasteiger charge is -2.28. The van der Waals surface area contributed by atoms with Crippen molar-refractivity contribution >= 4 is 10.2 Å². The van der Waals surface area contributed by atoms with Crippen molar-refractivity contribution in [2.75, 3.05) is 13.2 Å². The summed E-state index contributed by atoms with van der Waals surface area (Å²) >= 11 is 0. The van der Waals surface area contributed by atoms with Gasteiger partial charge in [0.15, 0.2) is 0 Å². The zero-order valence-electron chi connectivity index (χ0n) is 9.53. The molecule has 0 amide bonds. The largest absolute Gasteiger partial charge is 0.394 e. The number of hydrogen-bond donors (Lipinski definition) is 4. The van der Waals surface area contributed by atoms with Gasteiger partial charge in [-0.05, 0) is 27.7 Å². The maximum Gasteiger partial charge on any atom is 0.278 e. The van der Waals surface area contributed by atoms with Gasteiger partial charge in [0.2, 0.25) is 0 Å². The lowest BCUT2D eigenvalue weighted by atomic mass is 10.1. The summed E-state index contributed by atoms with van der Waals surface area (Å²) in [6.07, 6.45) is 0. The highest BCUT2D eigenvalue weighted by molar-refractivity contribution is 7.87. The molecule has 7 heteroatoms. The smallest absolute Gasteiger partial charge is 0.278 e. The fourth-order valence-corrected chi connectivity index (χ4v) is 2.50. The number of hydrogen-bond acceptors (Lipinski definition) is 4. The van der Waals surface area contributed by atoms with E-state index in [1.165, 1.54) is 6.92 Å². The Bertz CT molecular complexity index is 290. The monoisotopic (exact) mass is 240 g/mol. The van der Waals surface area contributed by atoms with Crippen LogP contribution in [-0.4, -0.2) is 42.9 Å². The van der Waals surface area contributed by atoms with Crippen LogP contribution >= 0.6 is 0 Å². The molecule has 0 saturated carbocycles. The lowest BCUT2D eigenvalue weighted by Crippen LogP contribution is -2.57. The molecule has 0 unspecified atom stereocenters. The van der Waals surface area contributed by atoms with Gasteiger partial charge in [-0.1, -0.05) is 0 Å². The van der Waals surface area contributed by atoms with Crippen molar-refractivity contribution in [3.8, 4) is 0 Å². The molecule has 0 aromatic heterocycles. The first-order valence-electron chi connectivity index (χ1n) is 4.58. The van der Waals surface area contributed by atoms with E-state index in [1.807, 2.05) is 0 Å². The third-order valence-corrected chi connectivity index (χ3v) is 3.16. The maximum atomic E-state index is 11.5. The van der Waals surface area contributed by atoms with Crippen molar-refractivity contribution < 1.29 is 18.6 Å². The molecule has 0 saturated heterocycles. The Morgan fingerprint density at radius 1 is 1.00 bits per heavy atom. The Labute approximate surface area is 90.9 Å². The van der Waals surface area contributed by atoms with Gasteiger partial charge < -0.3 is 10.2 Å². The highest BCUT2D eigenvalue weighted by Crippen LogP contribution is 2.06. The third kappa shape index (κ3) is 6.06. The first kappa shape index (κ1) is 14.8. The molecule has 4 N–H and O–H groups in total. The molecule has 0 atom stereocenters. The molecule has 0 rings (SSSR count). The quantitative estimate of drug-likeness (QED) is 0.493. The van der Waals surface area contributed by atoms with E-state index in [-0.39, 0.29) is 0 Å². The lowest BCUT2D eigenvalue weighted by molar-refractivity contribution is 0.121. The summed E-state index contributed by atoms with van der Waals surface area (Å²) < 4.78 is 27.6. The standard InChI is InChI=1S/C8H20N2O4S/c1-7(2,3)9-15(13,14)10-8(4,5-11)6-12/h9-12H,5-6H2,1-4H3. The zero-order chi connectivity index (χ0) is 12.3. The summed E-state index contributed by atoms with van der Waals surface area (Å²) in [6.45, 7) is 5.54. The summed E-state index contributed by atoms with van der Waals surface area (Å²) in [5.74, 6) is 0. The van der Waals surface area contributed by atoms with Crippen LogP contribution < -0.4 is 9.44 Å². The van der Waals surface area contributed by atoms with Crippen molar-refractivity contribution in [3.05, 3.63) is 0 Å². The molecular formula is C8H20N2O4S. The van der Waals surface area contributed by atoms with Gasteiger partial charge in [-0.3, -0.25) is 0 Å². The Morgan fingerprint density at radius 2 is 1.40 bits per heavy atom. The van der Waals surface area contributed by atoms with E-state index in [0.717, 1.165) is 0 Å². The van der Waals surface area contributed by atoms with Crippen molar-refractivity contribution in [1.82, 2.24) is 9.44 Å². The number of aliphatic hydroxyl groups is 2. The minimum absolute atomic E-state index is 0.478. The minimum Gasteiger partial charge on any atom is -0.394 e. The zero-order valence-corrected chi connectivity index (χ0v) is 10.3. The molecule has 92 valence electrons. The second-order valence-electron chi connectivity index (χ2n) is 4.83. The van der Waals surface area contributed by atoms with Crippen LogP contribution in [0.2, 0.25) is 0 Å². The molecule has 0 aliphatic heterocycles. The SMILES string of the molecule is CC(C)(C)NS(=O)(=O)NC(C)(CO)CO. The van der Waals surface area contributed by atoms with Crippen molar-refractivity contribution in [1.29, 1.82) is 0 Å². The van der Waals surface area contributed by atoms with Crippen molar-refractivity contribution in [2.45, 2.75) is 38.8 Å². The van der Waals surface area contributed by atoms with Gasteiger partial charge in [0.1, 0.15) is 0 Å². The molecule has 0 aliphatic carbocycles. The van der Waals surface area contributed by atoms with E-state index in [4.69, 9.17) is 10.2 Å². The van der Waals surface area contributed by atoms with Crippen LogP contribution in [0.3, 0.4) is 0 Å². The first-order valence-corrected chi connectivity index (χ1v) is 6.06. The average molecular weight is 240 g/mol. The van der Waals surface area contributed by atoms with E-state index >= 15 is 0 Å². The summed E-state index contributed by atoms with van der Waals surface area (Å²) in [5.41, 5.74) is -1.87. The molecule has 0 aromatic carbocycles. The maximum absolute atomic E-state index is 11.5. The Kier molecular flexibility index (Phi) is 4.68. The Balaban J connectivity index is 4.65. The van der Waals surface area contributed by atoms with Crippen LogP contribution in [0.1, 0.15) is 27.7 Å². The molecule has 15 heavy (non-hydrogen) atoms. The van der Waals surface area contributed by atoms with Crippen molar-refractivity contribution in [3.63, 3.8) is 0 Å². The van der Waals surface area contributed by atoms with Gasteiger partial charge in [-0.15, -0.1) is 0 Å². The number of nitrogens with one attached hydrogen (secondary N) is 2. The Morgan fingerprint density at radius 3 is 1.67 bits per heavy atom. The van der Waals surface area contributed by atoms with Gasteiger partial charge in [0.25, 0.3) is 10.2 Å². The Hall–Kier alpha value is -0.210. The van der Waals surface area contributed by atoms with Crippen LogP contribution in [0, 0.1) is 0 Å². The average Bonchev–Trinajstić information content (AvgIpc) is 1.98. The second-order valence-corrected chi connectivity index (χ2v) is 6.25. The van der Waals surface area contributed by atoms with Gasteiger partial charge >= 0.3 is 0 Å². The minimum atomic E-state index is -3.74. The normalized spacial score (nSPS) is 14.3. The fourth-order valence-electron chi connectivity index (χ4n) is 0.868. The van der Waals surface area contributed by atoms with Gasteiger partial charge in [-0.2, -0.15) is 17.9 Å². The molecule has 0 aromatic rings. The highest BCUT2D eigenvalue weighted by atomic mass is 32.2. The van der Waals surface area contributed by atoms with Gasteiger partial charge in [-0.25, -0.2) is 0 Å². The third-order valence-electron chi connectivity index (χ3n) is 1.52. The summed E-state index contributed by atoms with van der Waals surface area (Å²) in [7, 11) is -3.74. The molecule has 0 fully saturated rings. The van der Waals surface area contributed by atoms with Crippen LogP contribution in [0.5, 0.6) is 0 Å². The number of aliphatic hydroxyl groups excluding tert-OH is 2. The topological polar surface area (TPSA) is 98.7 Å². The van der Waals surface area contributed by atoms with Crippen LogP contribution in [-0.2, 0) is 10.2 Å². The second kappa shape index (κ2) is 4.75. The predicted molar refractivity (Wildman–Crippen MR) is 57.5 cm³/mol. The molecule has 0 radical (unpaired) electrons. The molecule has 0 spiro atoms. The van der Waals surface area contributed by atoms with E-state index in [1.54, 1.807) is 20.8 Å². The molecular weight excluding hydrogens is 220 g/mol. The summed E-state index contributed by atoms with van der Waals surface area (Å²) in [6, 6.07) is 0. The van der Waals surface area contributed by atoms with E-state index < -0.39 is 34.5 Å². The summed E-state index contributed by atoms with van der Waals surface area (Å²) in [5, 5.41) is 17.9. The van der Waals surface area contributed by atoms with Crippen molar-refractivity contribution in [2.24, 2.45) is 0 Å². The fraction of sp³-hybridized carbons (Fsp3) is 1.00. The summed E-state index contributed by atoms with van der Waals surface area (Å²) in [4.78, 5) is 0. The van der Waals surface area contributed by atoms with Crippen LogP contribution in [0.15, 0.2) is 0 Å². The van der Waals surface area contributed by atoms with E-state index in [0.29, 0.717) is 0 Å². The molecule has 0 bridgehead atoms. The highest BCUT2D eigenvalue weighted by Gasteiger charge is 2.30. The van der Waals surface area contributed by atoms with E-state index in [2.05, 4.69) is 9.44 Å². The van der Waals surface area contributed by atoms with Crippen LogP contribution in [0.4, 0.5) is 0 Å². The van der Waals surface area contributed by atoms with E-state index in [9.17, 15) is 8.42 Å². The van der Waals surface area contributed by atoms with Crippen LogP contribution in [0.25, 0.3) is 0 Å². The molecule has 0 aliphatic rings.